The number of ether oxygens (including phenoxy) is 3. The number of alkyl carbamates (subject to hydrolysis) is 2. The number of aliphatic hydroxyl groups is 1. The molecular weight excluding hydrogens is 633 g/mol. The van der Waals surface area contributed by atoms with Crippen molar-refractivity contribution in [2.45, 2.75) is 49.2 Å². The standard InChI is InChI=1S/C34H39F3N4O7/c1-46-33(45)41-30(29(23-11-4-2-5-12-23)24-13-6-3-7-14-24)31(43)40-26-15-9-8-10-22(26)16-17-25-18-38-27(28(19-42)48-25)20-47-32(44)39-21-34(35,36)37/h2-15,25,27-30,38,42H,16-21H2,1H3,(H,39,44)(H,40,43)(H,41,45)/t25-,27-,28-,30+/m1/s1. The molecule has 1 heterocycles. The number of aryl methyl sites for hydroxylation is 1. The number of nitrogens with one attached hydrogen (secondary N) is 4. The Labute approximate surface area is 276 Å². The maximum absolute atomic E-state index is 14.0. The molecule has 1 fully saturated rings. The predicted octanol–water partition coefficient (Wildman–Crippen LogP) is 4.12. The summed E-state index contributed by atoms with van der Waals surface area (Å²) in [6, 6.07) is 24.3. The monoisotopic (exact) mass is 672 g/mol. The van der Waals surface area contributed by atoms with E-state index in [1.807, 2.05) is 72.8 Å². The van der Waals surface area contributed by atoms with Crippen LogP contribution >= 0.6 is 0 Å². The minimum absolute atomic E-state index is 0.301. The fourth-order valence-corrected chi connectivity index (χ4v) is 5.47. The molecular formula is C34H39F3N4O7. The minimum atomic E-state index is -4.57. The van der Waals surface area contributed by atoms with Gasteiger partial charge in [-0.3, -0.25) is 4.79 Å². The van der Waals surface area contributed by atoms with Gasteiger partial charge in [0, 0.05) is 18.2 Å². The number of hydrogen-bond donors (Lipinski definition) is 5. The van der Waals surface area contributed by atoms with E-state index in [4.69, 9.17) is 14.2 Å². The van der Waals surface area contributed by atoms with Crippen molar-refractivity contribution in [2.24, 2.45) is 0 Å². The summed E-state index contributed by atoms with van der Waals surface area (Å²) in [5.41, 5.74) is 2.98. The van der Waals surface area contributed by atoms with E-state index in [2.05, 4.69) is 16.0 Å². The number of morpholine rings is 1. The van der Waals surface area contributed by atoms with Crippen LogP contribution in [0.5, 0.6) is 0 Å². The molecule has 48 heavy (non-hydrogen) atoms. The van der Waals surface area contributed by atoms with Crippen molar-refractivity contribution in [3.05, 3.63) is 102 Å². The Balaban J connectivity index is 1.42. The third kappa shape index (κ3) is 10.7. The Kier molecular flexibility index (Phi) is 13.2. The normalized spacial score (nSPS) is 18.4. The number of halogens is 3. The van der Waals surface area contributed by atoms with Crippen LogP contribution in [0.4, 0.5) is 28.4 Å². The van der Waals surface area contributed by atoms with Crippen molar-refractivity contribution in [1.29, 1.82) is 0 Å². The van der Waals surface area contributed by atoms with E-state index in [9.17, 15) is 32.7 Å². The Hall–Kier alpha value is -4.66. The molecule has 1 saturated heterocycles. The van der Waals surface area contributed by atoms with Crippen molar-refractivity contribution < 1.29 is 46.9 Å². The van der Waals surface area contributed by atoms with E-state index in [0.29, 0.717) is 25.1 Å². The van der Waals surface area contributed by atoms with Crippen LogP contribution in [0, 0.1) is 0 Å². The molecule has 0 saturated carbocycles. The average molecular weight is 673 g/mol. The lowest BCUT2D eigenvalue weighted by molar-refractivity contribution is -0.124. The lowest BCUT2D eigenvalue weighted by atomic mass is 9.84. The number of anilines is 1. The van der Waals surface area contributed by atoms with E-state index in [0.717, 1.165) is 16.7 Å². The van der Waals surface area contributed by atoms with Crippen LogP contribution in [0.2, 0.25) is 0 Å². The molecule has 258 valence electrons. The number of aliphatic hydroxyl groups excluding tert-OH is 1. The molecule has 1 aliphatic rings. The molecule has 0 spiro atoms. The van der Waals surface area contributed by atoms with Gasteiger partial charge >= 0.3 is 18.4 Å². The molecule has 0 aliphatic carbocycles. The fourth-order valence-electron chi connectivity index (χ4n) is 5.47. The summed E-state index contributed by atoms with van der Waals surface area (Å²) in [5, 5.41) is 20.3. The zero-order chi connectivity index (χ0) is 34.5. The van der Waals surface area contributed by atoms with Crippen molar-refractivity contribution in [1.82, 2.24) is 16.0 Å². The highest BCUT2D eigenvalue weighted by Gasteiger charge is 2.34. The summed E-state index contributed by atoms with van der Waals surface area (Å²) < 4.78 is 52.7. The molecule has 3 amide bonds. The number of methoxy groups -OCH3 is 1. The first-order valence-corrected chi connectivity index (χ1v) is 15.4. The number of alkyl halides is 3. The van der Waals surface area contributed by atoms with Gasteiger partial charge in [-0.15, -0.1) is 0 Å². The second kappa shape index (κ2) is 17.5. The van der Waals surface area contributed by atoms with Crippen LogP contribution < -0.4 is 21.3 Å². The minimum Gasteiger partial charge on any atom is -0.453 e. The first kappa shape index (κ1) is 36.2. The summed E-state index contributed by atoms with van der Waals surface area (Å²) in [7, 11) is 1.23. The van der Waals surface area contributed by atoms with Crippen LogP contribution in [0.25, 0.3) is 0 Å². The van der Waals surface area contributed by atoms with Crippen molar-refractivity contribution in [3.8, 4) is 0 Å². The summed E-state index contributed by atoms with van der Waals surface area (Å²) in [4.78, 5) is 38.1. The molecule has 3 aromatic carbocycles. The van der Waals surface area contributed by atoms with E-state index in [1.165, 1.54) is 7.11 Å². The molecule has 14 heteroatoms. The SMILES string of the molecule is COC(=O)N[C@H](C(=O)Nc1ccccc1CC[C@@H]1CN[C@H](COC(=O)NCC(F)(F)F)[C@@H](CO)O1)C(c1ccccc1)c1ccccc1. The van der Waals surface area contributed by atoms with Gasteiger partial charge in [-0.2, -0.15) is 13.2 Å². The molecule has 3 aromatic rings. The number of carbonyl (C=O) groups excluding carboxylic acids is 3. The second-order valence-electron chi connectivity index (χ2n) is 11.2. The Morgan fingerprint density at radius 1 is 0.958 bits per heavy atom. The number of hydrogen-bond acceptors (Lipinski definition) is 8. The van der Waals surface area contributed by atoms with E-state index in [1.54, 1.807) is 17.4 Å². The fraction of sp³-hybridized carbons (Fsp3) is 0.382. The topological polar surface area (TPSA) is 147 Å². The van der Waals surface area contributed by atoms with Gasteiger partial charge in [0.25, 0.3) is 0 Å². The zero-order valence-corrected chi connectivity index (χ0v) is 26.2. The van der Waals surface area contributed by atoms with Crippen molar-refractivity contribution in [3.63, 3.8) is 0 Å². The molecule has 0 unspecified atom stereocenters. The van der Waals surface area contributed by atoms with Gasteiger partial charge in [-0.1, -0.05) is 78.9 Å². The van der Waals surface area contributed by atoms with Crippen molar-refractivity contribution in [2.75, 3.05) is 38.7 Å². The van der Waals surface area contributed by atoms with Crippen molar-refractivity contribution >= 4 is 23.8 Å². The predicted molar refractivity (Wildman–Crippen MR) is 170 cm³/mol. The smallest absolute Gasteiger partial charge is 0.407 e. The largest absolute Gasteiger partial charge is 0.453 e. The summed E-state index contributed by atoms with van der Waals surface area (Å²) in [5.74, 6) is -0.993. The molecule has 4 rings (SSSR count). The Morgan fingerprint density at radius 3 is 2.19 bits per heavy atom. The number of rotatable bonds is 13. The lowest BCUT2D eigenvalue weighted by Crippen LogP contribution is -2.56. The van der Waals surface area contributed by atoms with Crippen LogP contribution in [0.3, 0.4) is 0 Å². The van der Waals surface area contributed by atoms with Gasteiger partial charge in [0.2, 0.25) is 5.91 Å². The first-order chi connectivity index (χ1) is 23.1. The molecule has 4 atom stereocenters. The molecule has 11 nitrogen and oxygen atoms in total. The van der Waals surface area contributed by atoms with Crippen LogP contribution in [-0.4, -0.2) is 87.1 Å². The second-order valence-corrected chi connectivity index (χ2v) is 11.2. The van der Waals surface area contributed by atoms with Gasteiger partial charge in [-0.05, 0) is 35.6 Å². The number of amides is 3. The molecule has 5 N–H and O–H groups in total. The maximum Gasteiger partial charge on any atom is 0.407 e. The molecule has 0 aromatic heterocycles. The van der Waals surface area contributed by atoms with Gasteiger partial charge < -0.3 is 40.6 Å². The lowest BCUT2D eigenvalue weighted by Gasteiger charge is -2.36. The number of para-hydroxylation sites is 1. The molecule has 0 bridgehead atoms. The van der Waals surface area contributed by atoms with E-state index in [-0.39, 0.29) is 12.7 Å². The van der Waals surface area contributed by atoms with Crippen LogP contribution in [0.1, 0.15) is 29.0 Å². The van der Waals surface area contributed by atoms with Crippen LogP contribution in [-0.2, 0) is 25.4 Å². The average Bonchev–Trinajstić information content (AvgIpc) is 3.09. The van der Waals surface area contributed by atoms with Gasteiger partial charge in [0.1, 0.15) is 19.2 Å². The zero-order valence-electron chi connectivity index (χ0n) is 26.2. The number of carbonyl (C=O) groups is 3. The quantitative estimate of drug-likeness (QED) is 0.182. The summed E-state index contributed by atoms with van der Waals surface area (Å²) in [6.07, 6.45) is -6.74. The molecule has 1 aliphatic heterocycles. The Morgan fingerprint density at radius 2 is 1.58 bits per heavy atom. The Bertz CT molecular complexity index is 1440. The molecule has 0 radical (unpaired) electrons. The van der Waals surface area contributed by atoms with Gasteiger partial charge in [-0.25, -0.2) is 9.59 Å². The van der Waals surface area contributed by atoms with Gasteiger partial charge in [0.05, 0.1) is 32.0 Å². The first-order valence-electron chi connectivity index (χ1n) is 15.4. The highest BCUT2D eigenvalue weighted by atomic mass is 19.4. The number of benzene rings is 3. The third-order valence-electron chi connectivity index (χ3n) is 7.83. The highest BCUT2D eigenvalue weighted by molar-refractivity contribution is 5.98. The van der Waals surface area contributed by atoms with Crippen LogP contribution in [0.15, 0.2) is 84.9 Å². The summed E-state index contributed by atoms with van der Waals surface area (Å²) >= 11 is 0. The maximum atomic E-state index is 14.0. The highest BCUT2D eigenvalue weighted by Crippen LogP contribution is 2.30. The van der Waals surface area contributed by atoms with E-state index < -0.39 is 61.5 Å². The van der Waals surface area contributed by atoms with Gasteiger partial charge in [0.15, 0.2) is 0 Å². The third-order valence-corrected chi connectivity index (χ3v) is 7.83. The summed E-state index contributed by atoms with van der Waals surface area (Å²) in [6.45, 7) is -1.90. The van der Waals surface area contributed by atoms with E-state index >= 15 is 0 Å².